The number of hydrogen-bond donors (Lipinski definition) is 0. The van der Waals surface area contributed by atoms with Gasteiger partial charge >= 0.3 is 0 Å². The van der Waals surface area contributed by atoms with Gasteiger partial charge in [0.15, 0.2) is 0 Å². The molecule has 1 atom stereocenters. The van der Waals surface area contributed by atoms with E-state index in [2.05, 4.69) is 65.0 Å². The minimum atomic E-state index is 0.698. The molecule has 0 nitrogen and oxygen atoms in total. The van der Waals surface area contributed by atoms with Gasteiger partial charge in [0.25, 0.3) is 0 Å². The van der Waals surface area contributed by atoms with Gasteiger partial charge in [-0.25, -0.2) is 0 Å². The normalized spacial score (nSPS) is 9.96. The lowest BCUT2D eigenvalue weighted by molar-refractivity contribution is 0.732. The summed E-state index contributed by atoms with van der Waals surface area (Å²) in [4.78, 5) is 0. The Labute approximate surface area is 146 Å². The van der Waals surface area contributed by atoms with Crippen LogP contribution in [-0.2, 0) is 0 Å². The fourth-order valence-corrected chi connectivity index (χ4v) is 2.06. The quantitative estimate of drug-likeness (QED) is 0.529. The lowest BCUT2D eigenvalue weighted by Crippen LogP contribution is -1.92. The third-order valence-electron chi connectivity index (χ3n) is 3.37. The smallest absolute Gasteiger partial charge is 0.0193 e. The molecule has 0 heterocycles. The van der Waals surface area contributed by atoms with Crippen molar-refractivity contribution in [1.82, 2.24) is 0 Å². The van der Waals surface area contributed by atoms with Crippen LogP contribution in [0.1, 0.15) is 76.1 Å². The van der Waals surface area contributed by atoms with E-state index in [0.29, 0.717) is 5.92 Å². The van der Waals surface area contributed by atoms with E-state index in [9.17, 15) is 0 Å². The van der Waals surface area contributed by atoms with E-state index in [4.69, 9.17) is 0 Å². The third kappa shape index (κ3) is 11.6. The van der Waals surface area contributed by atoms with Crippen molar-refractivity contribution >= 4 is 0 Å². The molecule has 0 N–H and O–H groups in total. The average Bonchev–Trinajstić information content (AvgIpc) is 2.58. The van der Waals surface area contributed by atoms with Crippen molar-refractivity contribution in [3.8, 4) is 0 Å². The number of rotatable bonds is 2. The van der Waals surface area contributed by atoms with Gasteiger partial charge in [-0.15, -0.1) is 0 Å². The van der Waals surface area contributed by atoms with Crippen LogP contribution >= 0.6 is 0 Å². The molecule has 0 aliphatic heterocycles. The molecule has 0 spiro atoms. The third-order valence-corrected chi connectivity index (χ3v) is 3.37. The van der Waals surface area contributed by atoms with Gasteiger partial charge in [0.1, 0.15) is 0 Å². The molecule has 0 bridgehead atoms. The number of hydrogen-bond acceptors (Lipinski definition) is 0. The standard InChI is InChI=1S/C12H18.C7H8.2C2H6/c1-5-11(4)12-7-9(2)6-10(3)8-12;1-7-5-3-2-4-6-7;2*1-2/h6-8,11H,5H2,1-4H3;2-6H,1H3;2*1-2H3. The van der Waals surface area contributed by atoms with E-state index in [-0.39, 0.29) is 0 Å². The van der Waals surface area contributed by atoms with Gasteiger partial charge in [-0.3, -0.25) is 0 Å². The molecule has 1 unspecified atom stereocenters. The molecule has 0 radical (unpaired) electrons. The Morgan fingerprint density at radius 1 is 0.696 bits per heavy atom. The molecule has 0 aromatic heterocycles. The second kappa shape index (κ2) is 15.3. The van der Waals surface area contributed by atoms with Crippen LogP contribution in [0.25, 0.3) is 0 Å². The molecule has 23 heavy (non-hydrogen) atoms. The minimum absolute atomic E-state index is 0.698. The Kier molecular flexibility index (Phi) is 15.8. The first-order valence-electron chi connectivity index (χ1n) is 9.12. The molecule has 0 aliphatic carbocycles. The summed E-state index contributed by atoms with van der Waals surface area (Å²) in [5.74, 6) is 0.698. The molecular formula is C23H38. The van der Waals surface area contributed by atoms with Gasteiger partial charge in [0.05, 0.1) is 0 Å². The van der Waals surface area contributed by atoms with Gasteiger partial charge in [-0.05, 0) is 38.7 Å². The first-order chi connectivity index (χ1) is 11.0. The fourth-order valence-electron chi connectivity index (χ4n) is 2.06. The van der Waals surface area contributed by atoms with Crippen LogP contribution in [0, 0.1) is 20.8 Å². The molecule has 0 aliphatic rings. The summed E-state index contributed by atoms with van der Waals surface area (Å²) in [7, 11) is 0. The topological polar surface area (TPSA) is 0 Å². The second-order valence-corrected chi connectivity index (χ2v) is 5.39. The number of benzene rings is 2. The highest BCUT2D eigenvalue weighted by Crippen LogP contribution is 2.20. The predicted molar refractivity (Wildman–Crippen MR) is 108 cm³/mol. The van der Waals surface area contributed by atoms with Gasteiger partial charge in [0.2, 0.25) is 0 Å². The largest absolute Gasteiger partial charge is 0.0683 e. The molecule has 2 rings (SSSR count). The Morgan fingerprint density at radius 2 is 1.13 bits per heavy atom. The maximum Gasteiger partial charge on any atom is -0.0193 e. The molecule has 0 fully saturated rings. The SMILES string of the molecule is CC.CC.CCC(C)c1cc(C)cc(C)c1.Cc1ccccc1. The van der Waals surface area contributed by atoms with E-state index in [1.807, 2.05) is 45.9 Å². The molecule has 2 aromatic carbocycles. The van der Waals surface area contributed by atoms with E-state index in [1.54, 1.807) is 0 Å². The average molecular weight is 315 g/mol. The zero-order valence-electron chi connectivity index (χ0n) is 16.9. The van der Waals surface area contributed by atoms with Crippen LogP contribution in [0.15, 0.2) is 48.5 Å². The molecule has 0 heteroatoms. The maximum absolute atomic E-state index is 2.29. The van der Waals surface area contributed by atoms with E-state index >= 15 is 0 Å². The van der Waals surface area contributed by atoms with Crippen molar-refractivity contribution in [3.05, 3.63) is 70.8 Å². The van der Waals surface area contributed by atoms with Crippen LogP contribution in [0.3, 0.4) is 0 Å². The van der Waals surface area contributed by atoms with Crippen LogP contribution in [0.4, 0.5) is 0 Å². The van der Waals surface area contributed by atoms with Crippen molar-refractivity contribution in [2.24, 2.45) is 0 Å². The summed E-state index contributed by atoms with van der Waals surface area (Å²) in [6, 6.07) is 17.1. The Hall–Kier alpha value is -1.56. The Balaban J connectivity index is 0. The van der Waals surface area contributed by atoms with Crippen molar-refractivity contribution in [2.75, 3.05) is 0 Å². The monoisotopic (exact) mass is 314 g/mol. The summed E-state index contributed by atoms with van der Waals surface area (Å²) < 4.78 is 0. The molecule has 0 amide bonds. The first kappa shape index (κ1) is 23.7. The van der Waals surface area contributed by atoms with Crippen molar-refractivity contribution in [2.45, 2.75) is 74.7 Å². The zero-order chi connectivity index (χ0) is 18.3. The molecule has 0 saturated carbocycles. The highest BCUT2D eigenvalue weighted by molar-refractivity contribution is 5.30. The molecule has 130 valence electrons. The summed E-state index contributed by atoms with van der Waals surface area (Å²) in [6.07, 6.45) is 1.23. The van der Waals surface area contributed by atoms with Gasteiger partial charge in [-0.1, -0.05) is 107 Å². The zero-order valence-corrected chi connectivity index (χ0v) is 16.9. The molecular weight excluding hydrogens is 276 g/mol. The summed E-state index contributed by atoms with van der Waals surface area (Å²) >= 11 is 0. The summed E-state index contributed by atoms with van der Waals surface area (Å²) in [6.45, 7) is 18.9. The Bertz CT molecular complexity index is 462. The Morgan fingerprint density at radius 3 is 1.43 bits per heavy atom. The highest BCUT2D eigenvalue weighted by Gasteiger charge is 2.02. The van der Waals surface area contributed by atoms with Crippen LogP contribution < -0.4 is 0 Å². The van der Waals surface area contributed by atoms with Gasteiger partial charge < -0.3 is 0 Å². The van der Waals surface area contributed by atoms with E-state index in [1.165, 1.54) is 28.7 Å². The number of aryl methyl sites for hydroxylation is 3. The minimum Gasteiger partial charge on any atom is -0.0683 e. The van der Waals surface area contributed by atoms with E-state index < -0.39 is 0 Å². The summed E-state index contributed by atoms with van der Waals surface area (Å²) in [5.41, 5.74) is 5.56. The molecule has 0 saturated heterocycles. The van der Waals surface area contributed by atoms with Crippen molar-refractivity contribution in [3.63, 3.8) is 0 Å². The van der Waals surface area contributed by atoms with Crippen molar-refractivity contribution < 1.29 is 0 Å². The fraction of sp³-hybridized carbons (Fsp3) is 0.478. The van der Waals surface area contributed by atoms with Gasteiger partial charge in [-0.2, -0.15) is 0 Å². The summed E-state index contributed by atoms with van der Waals surface area (Å²) in [5, 5.41) is 0. The van der Waals surface area contributed by atoms with Crippen LogP contribution in [0.5, 0.6) is 0 Å². The lowest BCUT2D eigenvalue weighted by Gasteiger charge is -2.10. The van der Waals surface area contributed by atoms with Crippen LogP contribution in [0.2, 0.25) is 0 Å². The first-order valence-corrected chi connectivity index (χ1v) is 9.12. The molecule has 2 aromatic rings. The van der Waals surface area contributed by atoms with Crippen LogP contribution in [-0.4, -0.2) is 0 Å². The highest BCUT2D eigenvalue weighted by atomic mass is 14.1. The van der Waals surface area contributed by atoms with E-state index in [0.717, 1.165) is 0 Å². The van der Waals surface area contributed by atoms with Crippen molar-refractivity contribution in [1.29, 1.82) is 0 Å². The second-order valence-electron chi connectivity index (χ2n) is 5.39. The van der Waals surface area contributed by atoms with Gasteiger partial charge in [0, 0.05) is 0 Å². The lowest BCUT2D eigenvalue weighted by atomic mass is 9.95. The maximum atomic E-state index is 2.29. The predicted octanol–water partition coefficient (Wildman–Crippen LogP) is 7.86.